The first-order chi connectivity index (χ1) is 8.52. The average molecular weight is 247 g/mol. The molecule has 1 aliphatic heterocycles. The maximum Gasteiger partial charge on any atom is 0.329 e. The lowest BCUT2D eigenvalue weighted by atomic mass is 9.96. The number of hydrogen-bond acceptors (Lipinski definition) is 5. The Bertz CT molecular complexity index is 504. The van der Waals surface area contributed by atoms with Crippen molar-refractivity contribution in [2.45, 2.75) is 12.5 Å². The predicted octanol–water partition coefficient (Wildman–Crippen LogP) is 0.633. The zero-order valence-corrected chi connectivity index (χ0v) is 9.96. The number of pyridine rings is 1. The SMILES string of the molecule is CC1(OCC(=O)O)CN(c2cccc(C#N)n2)C1. The second-order valence-electron chi connectivity index (χ2n) is 4.48. The summed E-state index contributed by atoms with van der Waals surface area (Å²) in [5.74, 6) is -0.260. The first-order valence-corrected chi connectivity index (χ1v) is 5.50. The zero-order valence-electron chi connectivity index (χ0n) is 9.96. The maximum atomic E-state index is 10.4. The van der Waals surface area contributed by atoms with Crippen LogP contribution in [0, 0.1) is 11.3 Å². The fourth-order valence-corrected chi connectivity index (χ4v) is 1.91. The molecule has 0 aliphatic carbocycles. The molecule has 1 aliphatic rings. The summed E-state index contributed by atoms with van der Waals surface area (Å²) in [6, 6.07) is 7.22. The summed E-state index contributed by atoms with van der Waals surface area (Å²) in [5, 5.41) is 17.3. The third-order valence-corrected chi connectivity index (χ3v) is 2.77. The quantitative estimate of drug-likeness (QED) is 0.839. The van der Waals surface area contributed by atoms with Crippen LogP contribution in [0.5, 0.6) is 0 Å². The van der Waals surface area contributed by atoms with Crippen molar-refractivity contribution in [1.29, 1.82) is 5.26 Å². The number of ether oxygens (including phenoxy) is 1. The van der Waals surface area contributed by atoms with E-state index in [0.717, 1.165) is 0 Å². The number of aromatic nitrogens is 1. The van der Waals surface area contributed by atoms with E-state index in [1.807, 2.05) is 24.0 Å². The normalized spacial score (nSPS) is 16.8. The monoisotopic (exact) mass is 247 g/mol. The van der Waals surface area contributed by atoms with Crippen molar-refractivity contribution >= 4 is 11.8 Å². The van der Waals surface area contributed by atoms with Crippen molar-refractivity contribution in [2.75, 3.05) is 24.6 Å². The van der Waals surface area contributed by atoms with E-state index in [2.05, 4.69) is 4.98 Å². The zero-order chi connectivity index (χ0) is 13.2. The molecule has 0 unspecified atom stereocenters. The van der Waals surface area contributed by atoms with Crippen LogP contribution in [0.4, 0.5) is 5.82 Å². The van der Waals surface area contributed by atoms with E-state index in [4.69, 9.17) is 15.1 Å². The Morgan fingerprint density at radius 2 is 2.39 bits per heavy atom. The molecule has 1 saturated heterocycles. The highest BCUT2D eigenvalue weighted by Gasteiger charge is 2.40. The van der Waals surface area contributed by atoms with Crippen molar-refractivity contribution in [2.24, 2.45) is 0 Å². The van der Waals surface area contributed by atoms with Crippen LogP contribution in [0.15, 0.2) is 18.2 Å². The smallest absolute Gasteiger partial charge is 0.329 e. The van der Waals surface area contributed by atoms with Gasteiger partial charge in [-0.1, -0.05) is 6.07 Å². The van der Waals surface area contributed by atoms with Gasteiger partial charge in [-0.25, -0.2) is 9.78 Å². The summed E-state index contributed by atoms with van der Waals surface area (Å²) >= 11 is 0. The summed E-state index contributed by atoms with van der Waals surface area (Å²) in [5.41, 5.74) is -0.0875. The standard InChI is InChI=1S/C12H13N3O3/c1-12(18-6-11(16)17)7-15(8-12)10-4-2-3-9(5-13)14-10/h2-4H,6-8H2,1H3,(H,16,17). The summed E-state index contributed by atoms with van der Waals surface area (Å²) < 4.78 is 5.30. The van der Waals surface area contributed by atoms with Crippen molar-refractivity contribution < 1.29 is 14.6 Å². The number of rotatable bonds is 4. The molecule has 94 valence electrons. The largest absolute Gasteiger partial charge is 0.480 e. The van der Waals surface area contributed by atoms with Crippen molar-refractivity contribution in [3.63, 3.8) is 0 Å². The van der Waals surface area contributed by atoms with Crippen LogP contribution in [0.25, 0.3) is 0 Å². The number of hydrogen-bond donors (Lipinski definition) is 1. The fourth-order valence-electron chi connectivity index (χ4n) is 1.91. The lowest BCUT2D eigenvalue weighted by Crippen LogP contribution is -2.62. The molecule has 6 heteroatoms. The molecular weight excluding hydrogens is 234 g/mol. The van der Waals surface area contributed by atoms with Gasteiger partial charge in [0, 0.05) is 13.1 Å². The van der Waals surface area contributed by atoms with Crippen molar-refractivity contribution in [1.82, 2.24) is 4.98 Å². The van der Waals surface area contributed by atoms with E-state index in [1.54, 1.807) is 12.1 Å². The van der Waals surface area contributed by atoms with E-state index in [1.165, 1.54) is 0 Å². The molecule has 0 radical (unpaired) electrons. The molecule has 0 atom stereocenters. The first-order valence-electron chi connectivity index (χ1n) is 5.50. The molecule has 0 amide bonds. The highest BCUT2D eigenvalue weighted by atomic mass is 16.5. The van der Waals surface area contributed by atoms with E-state index in [9.17, 15) is 4.79 Å². The number of carboxylic acid groups (broad SMARTS) is 1. The summed E-state index contributed by atoms with van der Waals surface area (Å²) in [6.07, 6.45) is 0. The number of aliphatic carboxylic acids is 1. The molecule has 1 fully saturated rings. The third-order valence-electron chi connectivity index (χ3n) is 2.77. The highest BCUT2D eigenvalue weighted by molar-refractivity contribution is 5.68. The van der Waals surface area contributed by atoms with Gasteiger partial charge in [-0.2, -0.15) is 5.26 Å². The fraction of sp³-hybridized carbons (Fsp3) is 0.417. The maximum absolute atomic E-state index is 10.4. The van der Waals surface area contributed by atoms with Crippen LogP contribution >= 0.6 is 0 Å². The number of carboxylic acids is 1. The highest BCUT2D eigenvalue weighted by Crippen LogP contribution is 2.28. The van der Waals surface area contributed by atoms with Gasteiger partial charge in [0.2, 0.25) is 0 Å². The van der Waals surface area contributed by atoms with Gasteiger partial charge >= 0.3 is 5.97 Å². The molecule has 1 aromatic rings. The Labute approximate surface area is 104 Å². The Hall–Kier alpha value is -2.13. The van der Waals surface area contributed by atoms with Crippen LogP contribution in [0.1, 0.15) is 12.6 Å². The molecule has 18 heavy (non-hydrogen) atoms. The third kappa shape index (κ3) is 2.57. The number of carbonyl (C=O) groups is 1. The summed E-state index contributed by atoms with van der Waals surface area (Å²) in [7, 11) is 0. The average Bonchev–Trinajstić information content (AvgIpc) is 2.33. The van der Waals surface area contributed by atoms with Gasteiger partial charge in [-0.15, -0.1) is 0 Å². The molecule has 1 N–H and O–H groups in total. The minimum absolute atomic E-state index is 0.296. The van der Waals surface area contributed by atoms with Gasteiger partial charge in [0.25, 0.3) is 0 Å². The van der Waals surface area contributed by atoms with E-state index >= 15 is 0 Å². The second-order valence-corrected chi connectivity index (χ2v) is 4.48. The number of anilines is 1. The molecule has 0 saturated carbocycles. The van der Waals surface area contributed by atoms with Gasteiger partial charge in [0.05, 0.1) is 0 Å². The molecule has 0 aromatic carbocycles. The predicted molar refractivity (Wildman–Crippen MR) is 63.2 cm³/mol. The Balaban J connectivity index is 1.95. The van der Waals surface area contributed by atoms with Crippen LogP contribution < -0.4 is 4.90 Å². The van der Waals surface area contributed by atoms with Gasteiger partial charge in [-0.05, 0) is 19.1 Å². The van der Waals surface area contributed by atoms with Gasteiger partial charge in [0.15, 0.2) is 0 Å². The van der Waals surface area contributed by atoms with E-state index < -0.39 is 11.6 Å². The Morgan fingerprint density at radius 3 is 3.00 bits per heavy atom. The van der Waals surface area contributed by atoms with Crippen LogP contribution in [-0.4, -0.2) is 41.4 Å². The van der Waals surface area contributed by atoms with Crippen molar-refractivity contribution in [3.8, 4) is 6.07 Å². The topological polar surface area (TPSA) is 86.5 Å². The minimum atomic E-state index is -0.973. The molecule has 0 spiro atoms. The molecular formula is C12H13N3O3. The molecule has 0 bridgehead atoms. The van der Waals surface area contributed by atoms with Crippen LogP contribution in [0.2, 0.25) is 0 Å². The van der Waals surface area contributed by atoms with E-state index in [0.29, 0.717) is 24.6 Å². The second kappa shape index (κ2) is 4.63. The summed E-state index contributed by atoms with van der Waals surface area (Å²) in [6.45, 7) is 2.71. The Morgan fingerprint density at radius 1 is 1.67 bits per heavy atom. The Kier molecular flexibility index (Phi) is 3.17. The van der Waals surface area contributed by atoms with Gasteiger partial charge in [0.1, 0.15) is 29.8 Å². The van der Waals surface area contributed by atoms with Gasteiger partial charge < -0.3 is 14.7 Å². The lowest BCUT2D eigenvalue weighted by molar-refractivity contribution is -0.150. The van der Waals surface area contributed by atoms with Crippen LogP contribution in [-0.2, 0) is 9.53 Å². The van der Waals surface area contributed by atoms with Crippen molar-refractivity contribution in [3.05, 3.63) is 23.9 Å². The van der Waals surface area contributed by atoms with Crippen LogP contribution in [0.3, 0.4) is 0 Å². The van der Waals surface area contributed by atoms with Gasteiger partial charge in [-0.3, -0.25) is 0 Å². The first kappa shape index (κ1) is 12.3. The molecule has 1 aromatic heterocycles. The number of nitrogens with zero attached hydrogens (tertiary/aromatic N) is 3. The molecule has 6 nitrogen and oxygen atoms in total. The molecule has 2 rings (SSSR count). The van der Waals surface area contributed by atoms with E-state index in [-0.39, 0.29) is 6.61 Å². The number of nitriles is 1. The summed E-state index contributed by atoms with van der Waals surface area (Å²) in [4.78, 5) is 16.5. The molecule has 2 heterocycles. The lowest BCUT2D eigenvalue weighted by Gasteiger charge is -2.47. The minimum Gasteiger partial charge on any atom is -0.480 e.